The van der Waals surface area contributed by atoms with Gasteiger partial charge in [-0.3, -0.25) is 9.59 Å². The fourth-order valence-electron chi connectivity index (χ4n) is 4.34. The van der Waals surface area contributed by atoms with Crippen molar-refractivity contribution in [2.24, 2.45) is 0 Å². The number of hydrogen-bond donors (Lipinski definition) is 0. The van der Waals surface area contributed by atoms with E-state index in [9.17, 15) is 14.0 Å². The highest BCUT2D eigenvalue weighted by molar-refractivity contribution is 7.10. The van der Waals surface area contributed by atoms with E-state index in [1.165, 1.54) is 17.0 Å². The molecule has 1 aliphatic heterocycles. The number of carbonyl (C=O) groups is 2. The van der Waals surface area contributed by atoms with E-state index in [1.807, 2.05) is 54.5 Å². The molecular weight excluding hydrogens is 451 g/mol. The van der Waals surface area contributed by atoms with E-state index >= 15 is 0 Å². The predicted molar refractivity (Wildman–Crippen MR) is 132 cm³/mol. The van der Waals surface area contributed by atoms with Gasteiger partial charge in [0.15, 0.2) is 0 Å². The number of amides is 2. The molecule has 0 fully saturated rings. The van der Waals surface area contributed by atoms with E-state index in [0.717, 1.165) is 24.0 Å². The maximum absolute atomic E-state index is 13.5. The number of halogens is 1. The summed E-state index contributed by atoms with van der Waals surface area (Å²) >= 11 is 1.68. The third kappa shape index (κ3) is 5.30. The standard InChI is InChI=1S/C27H29FN2O3S/c1-3-14-29(27(32)22-7-5-4-6-19(22)2)17-26(31)30-15-12-25-23(13-16-34-25)24(30)18-33-21-10-8-20(28)9-11-21/h4-11,13,16,24H,3,12,14-15,17-18H2,1-2H3. The van der Waals surface area contributed by atoms with Crippen molar-refractivity contribution in [1.29, 1.82) is 0 Å². The predicted octanol–water partition coefficient (Wildman–Crippen LogP) is 5.25. The normalized spacial score (nSPS) is 15.0. The highest BCUT2D eigenvalue weighted by Crippen LogP contribution is 2.34. The highest BCUT2D eigenvalue weighted by atomic mass is 32.1. The zero-order valence-corrected chi connectivity index (χ0v) is 20.3. The van der Waals surface area contributed by atoms with E-state index in [-0.39, 0.29) is 36.8 Å². The van der Waals surface area contributed by atoms with Crippen LogP contribution in [0.3, 0.4) is 0 Å². The second kappa shape index (κ2) is 10.8. The second-order valence-corrected chi connectivity index (χ2v) is 9.46. The zero-order valence-electron chi connectivity index (χ0n) is 19.5. The molecule has 0 aliphatic carbocycles. The molecule has 0 saturated heterocycles. The first kappa shape index (κ1) is 24.0. The summed E-state index contributed by atoms with van der Waals surface area (Å²) in [7, 11) is 0. The van der Waals surface area contributed by atoms with Gasteiger partial charge in [0.2, 0.25) is 5.91 Å². The van der Waals surface area contributed by atoms with Gasteiger partial charge in [-0.2, -0.15) is 0 Å². The Balaban J connectivity index is 1.52. The minimum Gasteiger partial charge on any atom is -0.491 e. The number of hydrogen-bond acceptors (Lipinski definition) is 4. The van der Waals surface area contributed by atoms with Crippen molar-refractivity contribution in [3.05, 3.63) is 87.4 Å². The average molecular weight is 481 g/mol. The lowest BCUT2D eigenvalue weighted by Gasteiger charge is -2.37. The molecule has 2 heterocycles. The Morgan fingerprint density at radius 3 is 2.65 bits per heavy atom. The molecule has 1 aromatic heterocycles. The number of ether oxygens (including phenoxy) is 1. The first-order chi connectivity index (χ1) is 16.5. The number of nitrogens with zero attached hydrogens (tertiary/aromatic N) is 2. The molecule has 0 saturated carbocycles. The molecular formula is C27H29FN2O3S. The van der Waals surface area contributed by atoms with Gasteiger partial charge in [0.05, 0.1) is 6.04 Å². The summed E-state index contributed by atoms with van der Waals surface area (Å²) in [4.78, 5) is 31.5. The molecule has 3 aromatic rings. The molecule has 0 radical (unpaired) electrons. The molecule has 0 bridgehead atoms. The highest BCUT2D eigenvalue weighted by Gasteiger charge is 2.33. The fourth-order valence-corrected chi connectivity index (χ4v) is 5.27. The average Bonchev–Trinajstić information content (AvgIpc) is 3.32. The Morgan fingerprint density at radius 2 is 1.91 bits per heavy atom. The first-order valence-electron chi connectivity index (χ1n) is 11.6. The van der Waals surface area contributed by atoms with Gasteiger partial charge >= 0.3 is 0 Å². The topological polar surface area (TPSA) is 49.9 Å². The summed E-state index contributed by atoms with van der Waals surface area (Å²) in [6.07, 6.45) is 1.54. The van der Waals surface area contributed by atoms with Gasteiger partial charge in [-0.05, 0) is 72.7 Å². The molecule has 2 aromatic carbocycles. The number of benzene rings is 2. The van der Waals surface area contributed by atoms with Crippen LogP contribution in [0.4, 0.5) is 4.39 Å². The monoisotopic (exact) mass is 480 g/mol. The van der Waals surface area contributed by atoms with Crippen molar-refractivity contribution >= 4 is 23.2 Å². The number of carbonyl (C=O) groups excluding carboxylic acids is 2. The lowest BCUT2D eigenvalue weighted by atomic mass is 10.00. The van der Waals surface area contributed by atoms with E-state index in [0.29, 0.717) is 24.4 Å². The molecule has 5 nitrogen and oxygen atoms in total. The van der Waals surface area contributed by atoms with E-state index in [1.54, 1.807) is 28.4 Å². The van der Waals surface area contributed by atoms with E-state index < -0.39 is 0 Å². The van der Waals surface area contributed by atoms with Crippen molar-refractivity contribution in [2.75, 3.05) is 26.2 Å². The molecule has 0 spiro atoms. The number of rotatable bonds is 8. The summed E-state index contributed by atoms with van der Waals surface area (Å²) < 4.78 is 19.2. The third-order valence-corrected chi connectivity index (χ3v) is 7.12. The van der Waals surface area contributed by atoms with Crippen LogP contribution in [-0.4, -0.2) is 47.9 Å². The van der Waals surface area contributed by atoms with Crippen LogP contribution in [0.5, 0.6) is 5.75 Å². The molecule has 4 rings (SSSR count). The van der Waals surface area contributed by atoms with Crippen molar-refractivity contribution in [3.8, 4) is 5.75 Å². The first-order valence-corrected chi connectivity index (χ1v) is 12.4. The number of thiophene rings is 1. The zero-order chi connectivity index (χ0) is 24.1. The van der Waals surface area contributed by atoms with Crippen LogP contribution in [0.1, 0.15) is 45.7 Å². The Hall–Kier alpha value is -3.19. The van der Waals surface area contributed by atoms with Gasteiger partial charge < -0.3 is 14.5 Å². The fraction of sp³-hybridized carbons (Fsp3) is 0.333. The van der Waals surface area contributed by atoms with Gasteiger partial charge in [-0.25, -0.2) is 4.39 Å². The summed E-state index contributed by atoms with van der Waals surface area (Å²) in [6.45, 7) is 5.27. The lowest BCUT2D eigenvalue weighted by molar-refractivity contribution is -0.135. The lowest BCUT2D eigenvalue weighted by Crippen LogP contribution is -2.48. The third-order valence-electron chi connectivity index (χ3n) is 6.12. The summed E-state index contributed by atoms with van der Waals surface area (Å²) in [5.41, 5.74) is 2.60. The Labute approximate surface area is 203 Å². The van der Waals surface area contributed by atoms with Crippen LogP contribution in [0, 0.1) is 12.7 Å². The van der Waals surface area contributed by atoms with Gasteiger partial charge in [0, 0.05) is 23.5 Å². The van der Waals surface area contributed by atoms with Crippen molar-refractivity contribution < 1.29 is 18.7 Å². The molecule has 34 heavy (non-hydrogen) atoms. The molecule has 1 aliphatic rings. The molecule has 2 amide bonds. The van der Waals surface area contributed by atoms with Crippen LogP contribution < -0.4 is 4.74 Å². The Kier molecular flexibility index (Phi) is 7.63. The Bertz CT molecular complexity index is 1140. The molecule has 1 unspecified atom stereocenters. The van der Waals surface area contributed by atoms with Gasteiger partial charge in [-0.1, -0.05) is 25.1 Å². The summed E-state index contributed by atoms with van der Waals surface area (Å²) in [6, 6.07) is 15.1. The maximum atomic E-state index is 13.5. The summed E-state index contributed by atoms with van der Waals surface area (Å²) in [5, 5.41) is 2.04. The molecule has 178 valence electrons. The van der Waals surface area contributed by atoms with Crippen LogP contribution in [0.15, 0.2) is 60.0 Å². The van der Waals surface area contributed by atoms with Crippen LogP contribution in [0.25, 0.3) is 0 Å². The van der Waals surface area contributed by atoms with Gasteiger partial charge in [0.1, 0.15) is 24.7 Å². The Morgan fingerprint density at radius 1 is 1.15 bits per heavy atom. The van der Waals surface area contributed by atoms with Crippen molar-refractivity contribution in [2.45, 2.75) is 32.7 Å². The van der Waals surface area contributed by atoms with Gasteiger partial charge in [-0.15, -0.1) is 11.3 Å². The van der Waals surface area contributed by atoms with E-state index in [2.05, 4.69) is 0 Å². The van der Waals surface area contributed by atoms with Crippen LogP contribution >= 0.6 is 11.3 Å². The quantitative estimate of drug-likeness (QED) is 0.442. The second-order valence-electron chi connectivity index (χ2n) is 8.46. The minimum absolute atomic E-state index is 0.0214. The smallest absolute Gasteiger partial charge is 0.254 e. The SMILES string of the molecule is CCCN(CC(=O)N1CCc2sccc2C1COc1ccc(F)cc1)C(=O)c1ccccc1C. The largest absolute Gasteiger partial charge is 0.491 e. The number of fused-ring (bicyclic) bond motifs is 1. The van der Waals surface area contributed by atoms with Crippen molar-refractivity contribution in [1.82, 2.24) is 9.80 Å². The van der Waals surface area contributed by atoms with Crippen LogP contribution in [-0.2, 0) is 11.2 Å². The number of aryl methyl sites for hydroxylation is 1. The molecule has 0 N–H and O–H groups in total. The van der Waals surface area contributed by atoms with Crippen molar-refractivity contribution in [3.63, 3.8) is 0 Å². The van der Waals surface area contributed by atoms with E-state index in [4.69, 9.17) is 4.74 Å². The summed E-state index contributed by atoms with van der Waals surface area (Å²) in [5.74, 6) is 0.00959. The minimum atomic E-state index is -0.323. The molecule has 7 heteroatoms. The van der Waals surface area contributed by atoms with Gasteiger partial charge in [0.25, 0.3) is 5.91 Å². The molecule has 1 atom stereocenters. The van der Waals surface area contributed by atoms with Crippen LogP contribution in [0.2, 0.25) is 0 Å². The maximum Gasteiger partial charge on any atom is 0.254 e.